The highest BCUT2D eigenvalue weighted by Gasteiger charge is 2.73. The minimum atomic E-state index is -6.74. The highest BCUT2D eigenvalue weighted by atomic mass is 127. The zero-order chi connectivity index (χ0) is 32.0. The lowest BCUT2D eigenvalue weighted by molar-refractivity contribution is -0.348. The second-order valence-corrected chi connectivity index (χ2v) is 9.40. The summed E-state index contributed by atoms with van der Waals surface area (Å²) in [5, 5.41) is 3.44. The van der Waals surface area contributed by atoms with Crippen molar-refractivity contribution in [2.75, 3.05) is 10.6 Å². The van der Waals surface area contributed by atoms with Crippen molar-refractivity contribution in [3.8, 4) is 0 Å². The molecule has 3 rings (SSSR count). The van der Waals surface area contributed by atoms with Gasteiger partial charge in [-0.15, -0.1) is 0 Å². The Kier molecular flexibility index (Phi) is 8.82. The molecule has 0 heterocycles. The van der Waals surface area contributed by atoms with Crippen LogP contribution in [0.15, 0.2) is 48.5 Å². The smallest absolute Gasteiger partial charge is 0.320 e. The van der Waals surface area contributed by atoms with Gasteiger partial charge in [-0.2, -0.15) is 39.5 Å². The van der Waals surface area contributed by atoms with Crippen LogP contribution in [0.5, 0.6) is 0 Å². The van der Waals surface area contributed by atoms with E-state index in [2.05, 4.69) is 0 Å². The molecule has 4 nitrogen and oxygen atoms in total. The Bertz CT molecular complexity index is 1540. The number of carbonyl (C=O) groups is 2. The molecule has 3 aromatic carbocycles. The fraction of sp³-hybridized carbons (Fsp3) is 0.167. The molecular formula is C24H10F13IN2O2. The van der Waals surface area contributed by atoms with E-state index in [1.165, 1.54) is 5.32 Å². The maximum atomic E-state index is 15.0. The quantitative estimate of drug-likeness (QED) is 0.204. The number of amides is 2. The first-order valence-corrected chi connectivity index (χ1v) is 11.8. The summed E-state index contributed by atoms with van der Waals surface area (Å²) in [7, 11) is 0. The highest BCUT2D eigenvalue weighted by molar-refractivity contribution is 14.1. The van der Waals surface area contributed by atoms with Crippen LogP contribution in [0.25, 0.3) is 0 Å². The standard InChI is InChI=1S/C24H10F13IN2O2/c25-13-5-4-9(6-14(13)26)19(41)39-16-3-1-2-11(17(16)27)20(42)40-18-12(22(29,30)31)7-10(8-15(18)38)21(28,23(32,33)34)24(35,36)37/h1-8H,(H,39,41)(H,40,42). The summed E-state index contributed by atoms with van der Waals surface area (Å²) in [6.45, 7) is 0. The third-order valence-corrected chi connectivity index (χ3v) is 6.34. The first-order chi connectivity index (χ1) is 19.1. The topological polar surface area (TPSA) is 58.2 Å². The van der Waals surface area contributed by atoms with Crippen LogP contribution in [0.4, 0.5) is 68.5 Å². The number of carbonyl (C=O) groups excluding carboxylic acids is 2. The van der Waals surface area contributed by atoms with Crippen molar-refractivity contribution in [3.05, 3.63) is 91.8 Å². The monoisotopic (exact) mass is 732 g/mol. The van der Waals surface area contributed by atoms with Crippen LogP contribution in [-0.4, -0.2) is 24.2 Å². The third-order valence-electron chi connectivity index (χ3n) is 5.49. The summed E-state index contributed by atoms with van der Waals surface area (Å²) in [4.78, 5) is 25.0. The Labute approximate surface area is 239 Å². The van der Waals surface area contributed by atoms with Crippen molar-refractivity contribution in [1.29, 1.82) is 0 Å². The van der Waals surface area contributed by atoms with E-state index in [1.54, 1.807) is 0 Å². The number of rotatable bonds is 5. The Morgan fingerprint density at radius 3 is 1.81 bits per heavy atom. The number of hydrogen-bond donors (Lipinski definition) is 2. The van der Waals surface area contributed by atoms with E-state index in [1.807, 2.05) is 5.32 Å². The Morgan fingerprint density at radius 2 is 1.29 bits per heavy atom. The molecular weight excluding hydrogens is 722 g/mol. The summed E-state index contributed by atoms with van der Waals surface area (Å²) in [6, 6.07) is 3.30. The van der Waals surface area contributed by atoms with Gasteiger partial charge in [0.05, 0.1) is 22.5 Å². The average Bonchev–Trinajstić information content (AvgIpc) is 2.85. The lowest BCUT2D eigenvalue weighted by atomic mass is 9.92. The normalized spacial score (nSPS) is 12.7. The van der Waals surface area contributed by atoms with E-state index >= 15 is 4.39 Å². The van der Waals surface area contributed by atoms with E-state index in [-0.39, 0.29) is 6.07 Å². The van der Waals surface area contributed by atoms with Crippen molar-refractivity contribution in [2.45, 2.75) is 24.2 Å². The number of nitrogens with one attached hydrogen (secondary N) is 2. The van der Waals surface area contributed by atoms with E-state index in [9.17, 15) is 62.3 Å². The van der Waals surface area contributed by atoms with Gasteiger partial charge in [0.25, 0.3) is 11.8 Å². The number of alkyl halides is 10. The van der Waals surface area contributed by atoms with Gasteiger partial charge in [-0.1, -0.05) is 6.07 Å². The molecule has 0 aliphatic heterocycles. The number of halogens is 14. The highest BCUT2D eigenvalue weighted by Crippen LogP contribution is 2.54. The van der Waals surface area contributed by atoms with E-state index in [0.717, 1.165) is 40.8 Å². The lowest BCUT2D eigenvalue weighted by Gasteiger charge is -2.31. The average molecular weight is 732 g/mol. The van der Waals surface area contributed by atoms with Gasteiger partial charge in [0.2, 0.25) is 0 Å². The van der Waals surface area contributed by atoms with E-state index < -0.39 is 96.7 Å². The summed E-state index contributed by atoms with van der Waals surface area (Å²) in [6.07, 6.45) is -19.2. The predicted octanol–water partition coefficient (Wildman–Crippen LogP) is 8.52. The van der Waals surface area contributed by atoms with Crippen molar-refractivity contribution in [3.63, 3.8) is 0 Å². The van der Waals surface area contributed by atoms with Crippen LogP contribution in [0.2, 0.25) is 0 Å². The van der Waals surface area contributed by atoms with E-state index in [4.69, 9.17) is 0 Å². The van der Waals surface area contributed by atoms with Crippen molar-refractivity contribution >= 4 is 45.8 Å². The van der Waals surface area contributed by atoms with E-state index in [0.29, 0.717) is 18.2 Å². The molecule has 0 spiro atoms. The molecule has 226 valence electrons. The number of hydrogen-bond acceptors (Lipinski definition) is 2. The van der Waals surface area contributed by atoms with Gasteiger partial charge < -0.3 is 10.6 Å². The molecule has 0 saturated carbocycles. The summed E-state index contributed by atoms with van der Waals surface area (Å²) < 4.78 is 175. The van der Waals surface area contributed by atoms with Crippen molar-refractivity contribution in [2.24, 2.45) is 0 Å². The van der Waals surface area contributed by atoms with Crippen LogP contribution in [0.1, 0.15) is 31.8 Å². The van der Waals surface area contributed by atoms with Gasteiger partial charge in [-0.05, 0) is 65.1 Å². The van der Waals surface area contributed by atoms with Gasteiger partial charge in [0.15, 0.2) is 17.5 Å². The van der Waals surface area contributed by atoms with Crippen LogP contribution < -0.4 is 10.6 Å². The molecule has 42 heavy (non-hydrogen) atoms. The molecule has 2 N–H and O–H groups in total. The molecule has 0 aliphatic carbocycles. The summed E-state index contributed by atoms with van der Waals surface area (Å²) in [5.74, 6) is -7.26. The fourth-order valence-corrected chi connectivity index (χ4v) is 4.22. The molecule has 0 bridgehead atoms. The summed E-state index contributed by atoms with van der Waals surface area (Å²) in [5.41, 5.74) is -14.8. The zero-order valence-corrected chi connectivity index (χ0v) is 21.9. The van der Waals surface area contributed by atoms with Crippen LogP contribution in [0, 0.1) is 21.0 Å². The first kappa shape index (κ1) is 32.9. The largest absolute Gasteiger partial charge is 0.435 e. The molecule has 0 saturated heterocycles. The predicted molar refractivity (Wildman–Crippen MR) is 128 cm³/mol. The van der Waals surface area contributed by atoms with Crippen molar-refractivity contribution in [1.82, 2.24) is 0 Å². The third kappa shape index (κ3) is 6.26. The van der Waals surface area contributed by atoms with Gasteiger partial charge in [0, 0.05) is 14.7 Å². The van der Waals surface area contributed by atoms with Gasteiger partial charge in [-0.25, -0.2) is 17.6 Å². The number of anilines is 2. The molecule has 18 heteroatoms. The van der Waals surface area contributed by atoms with Gasteiger partial charge >= 0.3 is 24.2 Å². The second kappa shape index (κ2) is 11.3. The minimum absolute atomic E-state index is 0.221. The first-order valence-electron chi connectivity index (χ1n) is 10.7. The van der Waals surface area contributed by atoms with Gasteiger partial charge in [0.1, 0.15) is 0 Å². The molecule has 0 unspecified atom stereocenters. The zero-order valence-electron chi connectivity index (χ0n) is 19.7. The Hall–Kier alpha value is -3.58. The fourth-order valence-electron chi connectivity index (χ4n) is 3.46. The molecule has 0 atom stereocenters. The Balaban J connectivity index is 2.03. The minimum Gasteiger partial charge on any atom is -0.320 e. The van der Waals surface area contributed by atoms with Crippen LogP contribution in [0.3, 0.4) is 0 Å². The molecule has 0 fully saturated rings. The second-order valence-electron chi connectivity index (χ2n) is 8.24. The molecule has 0 aliphatic rings. The lowest BCUT2D eigenvalue weighted by Crippen LogP contribution is -2.50. The molecule has 3 aromatic rings. The maximum absolute atomic E-state index is 15.0. The van der Waals surface area contributed by atoms with Crippen LogP contribution >= 0.6 is 22.6 Å². The number of benzene rings is 3. The maximum Gasteiger partial charge on any atom is 0.435 e. The van der Waals surface area contributed by atoms with Crippen molar-refractivity contribution < 1.29 is 66.7 Å². The molecule has 2 amide bonds. The van der Waals surface area contributed by atoms with Crippen LogP contribution in [-0.2, 0) is 11.8 Å². The molecule has 0 aromatic heterocycles. The Morgan fingerprint density at radius 1 is 0.690 bits per heavy atom. The van der Waals surface area contributed by atoms with Gasteiger partial charge in [-0.3, -0.25) is 9.59 Å². The SMILES string of the molecule is O=C(Nc1cccc(C(=O)Nc2c(I)cc(C(F)(C(F)(F)F)C(F)(F)F)cc2C(F)(F)F)c1F)c1ccc(F)c(F)c1. The molecule has 0 radical (unpaired) electrons. The summed E-state index contributed by atoms with van der Waals surface area (Å²) >= 11 is 0.819.